The third-order valence-corrected chi connectivity index (χ3v) is 1.68. The smallest absolute Gasteiger partial charge is 0.407 e. The van der Waals surface area contributed by atoms with Crippen molar-refractivity contribution in [2.75, 3.05) is 13.2 Å². The van der Waals surface area contributed by atoms with Crippen LogP contribution in [-0.4, -0.2) is 25.1 Å². The van der Waals surface area contributed by atoms with Gasteiger partial charge in [-0.1, -0.05) is 13.8 Å². The van der Waals surface area contributed by atoms with Crippen LogP contribution in [0.1, 0.15) is 20.8 Å². The lowest BCUT2D eigenvalue weighted by Gasteiger charge is -2.22. The molecular formula is C8H17N3O2. The third-order valence-electron chi connectivity index (χ3n) is 1.68. The lowest BCUT2D eigenvalue weighted by Crippen LogP contribution is -2.42. The Kier molecular flexibility index (Phi) is 4.23. The Hall–Kier alpha value is -1.26. The normalized spacial score (nSPS) is 10.7. The molecule has 76 valence electrons. The highest BCUT2D eigenvalue weighted by atomic mass is 16.5. The topological polar surface area (TPSA) is 88.2 Å². The molecule has 0 radical (unpaired) electrons. The number of hydrogen-bond acceptors (Lipinski definition) is 3. The van der Waals surface area contributed by atoms with Gasteiger partial charge in [0.15, 0.2) is 0 Å². The SMILES string of the molecule is CCOC(=O)NCC(C)(C)C(=N)N. The molecule has 0 bridgehead atoms. The zero-order chi connectivity index (χ0) is 10.5. The summed E-state index contributed by atoms with van der Waals surface area (Å²) in [7, 11) is 0. The average molecular weight is 187 g/mol. The van der Waals surface area contributed by atoms with Crippen LogP contribution in [0.5, 0.6) is 0 Å². The molecule has 0 spiro atoms. The number of nitrogens with two attached hydrogens (primary N) is 1. The second-order valence-corrected chi connectivity index (χ2v) is 3.37. The molecule has 0 heterocycles. The van der Waals surface area contributed by atoms with Crippen molar-refractivity contribution in [3.63, 3.8) is 0 Å². The van der Waals surface area contributed by atoms with Crippen molar-refractivity contribution in [2.45, 2.75) is 20.8 Å². The summed E-state index contributed by atoms with van der Waals surface area (Å²) < 4.78 is 4.66. The van der Waals surface area contributed by atoms with Crippen molar-refractivity contribution >= 4 is 11.9 Å². The van der Waals surface area contributed by atoms with E-state index in [1.165, 1.54) is 0 Å². The van der Waals surface area contributed by atoms with Crippen molar-refractivity contribution < 1.29 is 9.53 Å². The van der Waals surface area contributed by atoms with Gasteiger partial charge in [0.2, 0.25) is 0 Å². The Morgan fingerprint density at radius 1 is 1.62 bits per heavy atom. The van der Waals surface area contributed by atoms with E-state index in [0.717, 1.165) is 0 Å². The van der Waals surface area contributed by atoms with Crippen LogP contribution in [0.2, 0.25) is 0 Å². The zero-order valence-electron chi connectivity index (χ0n) is 8.31. The van der Waals surface area contributed by atoms with Crippen LogP contribution in [0.4, 0.5) is 4.79 Å². The first-order chi connectivity index (χ1) is 5.90. The van der Waals surface area contributed by atoms with Crippen molar-refractivity contribution in [1.29, 1.82) is 5.41 Å². The molecular weight excluding hydrogens is 170 g/mol. The molecule has 1 amide bonds. The number of carbonyl (C=O) groups excluding carboxylic acids is 1. The summed E-state index contributed by atoms with van der Waals surface area (Å²) in [6, 6.07) is 0. The number of amidine groups is 1. The van der Waals surface area contributed by atoms with Gasteiger partial charge in [-0.15, -0.1) is 0 Å². The molecule has 4 N–H and O–H groups in total. The van der Waals surface area contributed by atoms with Gasteiger partial charge in [0.05, 0.1) is 12.4 Å². The molecule has 0 aromatic carbocycles. The number of amides is 1. The van der Waals surface area contributed by atoms with Crippen LogP contribution in [0, 0.1) is 10.8 Å². The second kappa shape index (κ2) is 4.69. The zero-order valence-corrected chi connectivity index (χ0v) is 8.31. The maximum absolute atomic E-state index is 10.9. The van der Waals surface area contributed by atoms with E-state index in [4.69, 9.17) is 11.1 Å². The minimum Gasteiger partial charge on any atom is -0.450 e. The van der Waals surface area contributed by atoms with Gasteiger partial charge in [-0.3, -0.25) is 5.41 Å². The predicted molar refractivity (Wildman–Crippen MR) is 50.7 cm³/mol. The molecule has 5 heteroatoms. The van der Waals surface area contributed by atoms with Gasteiger partial charge in [0.1, 0.15) is 0 Å². The number of nitrogens with one attached hydrogen (secondary N) is 2. The van der Waals surface area contributed by atoms with Gasteiger partial charge >= 0.3 is 6.09 Å². The fourth-order valence-corrected chi connectivity index (χ4v) is 0.570. The molecule has 0 rings (SSSR count). The molecule has 0 atom stereocenters. The lowest BCUT2D eigenvalue weighted by molar-refractivity contribution is 0.150. The van der Waals surface area contributed by atoms with Gasteiger partial charge in [0, 0.05) is 12.0 Å². The van der Waals surface area contributed by atoms with Gasteiger partial charge in [-0.05, 0) is 6.92 Å². The van der Waals surface area contributed by atoms with E-state index in [9.17, 15) is 4.79 Å². The Balaban J connectivity index is 3.88. The minimum absolute atomic E-state index is 0.0456. The van der Waals surface area contributed by atoms with E-state index >= 15 is 0 Å². The average Bonchev–Trinajstić information content (AvgIpc) is 2.01. The summed E-state index contributed by atoms with van der Waals surface area (Å²) in [4.78, 5) is 10.9. The van der Waals surface area contributed by atoms with Crippen molar-refractivity contribution in [2.24, 2.45) is 11.1 Å². The monoisotopic (exact) mass is 187 g/mol. The molecule has 0 saturated heterocycles. The molecule has 0 aliphatic heterocycles. The van der Waals surface area contributed by atoms with Gasteiger partial charge in [-0.2, -0.15) is 0 Å². The van der Waals surface area contributed by atoms with Crippen LogP contribution >= 0.6 is 0 Å². The molecule has 0 aromatic rings. The summed E-state index contributed by atoms with van der Waals surface area (Å²) in [6.45, 7) is 5.94. The largest absolute Gasteiger partial charge is 0.450 e. The van der Waals surface area contributed by atoms with Gasteiger partial charge in [0.25, 0.3) is 0 Å². The Bertz CT molecular complexity index is 202. The van der Waals surface area contributed by atoms with Crippen LogP contribution in [0.3, 0.4) is 0 Å². The van der Waals surface area contributed by atoms with E-state index in [2.05, 4.69) is 10.1 Å². The van der Waals surface area contributed by atoms with Crippen LogP contribution in [0.25, 0.3) is 0 Å². The first-order valence-electron chi connectivity index (χ1n) is 4.15. The first-order valence-corrected chi connectivity index (χ1v) is 4.15. The van der Waals surface area contributed by atoms with Crippen molar-refractivity contribution in [3.8, 4) is 0 Å². The van der Waals surface area contributed by atoms with Crippen LogP contribution in [-0.2, 0) is 4.74 Å². The highest BCUT2D eigenvalue weighted by molar-refractivity contribution is 5.83. The molecule has 0 fully saturated rings. The van der Waals surface area contributed by atoms with E-state index in [-0.39, 0.29) is 5.84 Å². The summed E-state index contributed by atoms with van der Waals surface area (Å²) in [5, 5.41) is 9.75. The van der Waals surface area contributed by atoms with E-state index in [1.807, 2.05) is 0 Å². The number of rotatable bonds is 4. The van der Waals surface area contributed by atoms with Crippen molar-refractivity contribution in [1.82, 2.24) is 5.32 Å². The first kappa shape index (κ1) is 11.7. The maximum atomic E-state index is 10.9. The Morgan fingerprint density at radius 2 is 2.15 bits per heavy atom. The molecule has 0 aliphatic rings. The fraction of sp³-hybridized carbons (Fsp3) is 0.750. The van der Waals surface area contributed by atoms with E-state index in [1.54, 1.807) is 20.8 Å². The molecule has 5 nitrogen and oxygen atoms in total. The number of hydrogen-bond donors (Lipinski definition) is 3. The predicted octanol–water partition coefficient (Wildman–Crippen LogP) is 0.695. The van der Waals surface area contributed by atoms with Crippen molar-refractivity contribution in [3.05, 3.63) is 0 Å². The number of alkyl carbamates (subject to hydrolysis) is 1. The molecule has 0 unspecified atom stereocenters. The number of carbonyl (C=O) groups is 1. The van der Waals surface area contributed by atoms with Crippen LogP contribution in [0.15, 0.2) is 0 Å². The van der Waals surface area contributed by atoms with E-state index < -0.39 is 11.5 Å². The second-order valence-electron chi connectivity index (χ2n) is 3.37. The molecule has 0 aromatic heterocycles. The molecule has 0 aliphatic carbocycles. The molecule has 13 heavy (non-hydrogen) atoms. The Morgan fingerprint density at radius 3 is 2.54 bits per heavy atom. The Labute approximate surface area is 78.1 Å². The summed E-state index contributed by atoms with van der Waals surface area (Å²) in [5.41, 5.74) is 4.80. The molecule has 0 saturated carbocycles. The fourth-order valence-electron chi connectivity index (χ4n) is 0.570. The highest BCUT2D eigenvalue weighted by Gasteiger charge is 2.22. The van der Waals surface area contributed by atoms with Gasteiger partial charge in [-0.25, -0.2) is 4.79 Å². The summed E-state index contributed by atoms with van der Waals surface area (Å²) in [6.07, 6.45) is -0.475. The lowest BCUT2D eigenvalue weighted by atomic mass is 9.92. The van der Waals surface area contributed by atoms with E-state index in [0.29, 0.717) is 13.2 Å². The maximum Gasteiger partial charge on any atom is 0.407 e. The highest BCUT2D eigenvalue weighted by Crippen LogP contribution is 2.11. The quantitative estimate of drug-likeness (QED) is 0.447. The summed E-state index contributed by atoms with van der Waals surface area (Å²) >= 11 is 0. The third kappa shape index (κ3) is 4.35. The van der Waals surface area contributed by atoms with Gasteiger partial charge < -0.3 is 15.8 Å². The number of ether oxygens (including phenoxy) is 1. The standard InChI is InChI=1S/C8H17N3O2/c1-4-13-7(12)11-5-8(2,3)6(9)10/h4-5H2,1-3H3,(H3,9,10)(H,11,12). The minimum atomic E-state index is -0.521. The van der Waals surface area contributed by atoms with Crippen LogP contribution < -0.4 is 11.1 Å². The summed E-state index contributed by atoms with van der Waals surface area (Å²) in [5.74, 6) is 0.0456.